The number of benzene rings is 3. The number of anilines is 3. The summed E-state index contributed by atoms with van der Waals surface area (Å²) in [6.07, 6.45) is 1.02. The fraction of sp³-hybridized carbons (Fsp3) is 0.310. The molecule has 13 heteroatoms. The molecule has 0 aliphatic carbocycles. The van der Waals surface area contributed by atoms with Crippen LogP contribution in [0, 0.1) is 5.82 Å². The normalized spacial score (nSPS) is 14.9. The van der Waals surface area contributed by atoms with Crippen LogP contribution in [0.3, 0.4) is 0 Å². The van der Waals surface area contributed by atoms with E-state index in [1.807, 2.05) is 51.1 Å². The van der Waals surface area contributed by atoms with Crippen LogP contribution in [0.4, 0.5) is 21.5 Å². The van der Waals surface area contributed by atoms with Crippen molar-refractivity contribution in [1.82, 2.24) is 5.32 Å². The van der Waals surface area contributed by atoms with Crippen molar-refractivity contribution in [2.45, 2.75) is 38.8 Å². The molecular weight excluding hydrogens is 563 g/mol. The molecule has 0 radical (unpaired) electrons. The third kappa shape index (κ3) is 7.40. The van der Waals surface area contributed by atoms with E-state index in [0.29, 0.717) is 6.54 Å². The molecule has 1 aliphatic rings. The van der Waals surface area contributed by atoms with Crippen molar-refractivity contribution in [3.05, 3.63) is 83.2 Å². The van der Waals surface area contributed by atoms with Gasteiger partial charge in [0.15, 0.2) is 11.8 Å². The molecule has 3 aromatic rings. The van der Waals surface area contributed by atoms with Crippen molar-refractivity contribution >= 4 is 38.9 Å². The van der Waals surface area contributed by atoms with Crippen LogP contribution in [0.15, 0.2) is 71.0 Å². The molecule has 1 aliphatic heterocycles. The average Bonchev–Trinajstić information content (AvgIpc) is 3.41. The lowest BCUT2D eigenvalue weighted by Gasteiger charge is -2.24. The first-order chi connectivity index (χ1) is 19.7. The molecular formula is C29H33FN6O5S. The first-order valence-corrected chi connectivity index (χ1v) is 15.0. The SMILES string of the molecule is COc1c(NC(=O)c2ccc(F)c(N3CC(C(=O)NCc4ccccc4)N=N3)c2)cc(C(C)(C)C)cc1NS(C)(=O)=O. The average molecular weight is 597 g/mol. The molecule has 2 amide bonds. The summed E-state index contributed by atoms with van der Waals surface area (Å²) >= 11 is 0. The topological polar surface area (TPSA) is 142 Å². The minimum Gasteiger partial charge on any atom is -0.492 e. The second-order valence-electron chi connectivity index (χ2n) is 10.9. The van der Waals surface area contributed by atoms with Crippen LogP contribution in [0.5, 0.6) is 5.75 Å². The molecule has 4 rings (SSSR count). The number of methoxy groups -OCH3 is 1. The largest absolute Gasteiger partial charge is 0.492 e. The van der Waals surface area contributed by atoms with Gasteiger partial charge in [0.05, 0.1) is 37.0 Å². The van der Waals surface area contributed by atoms with E-state index >= 15 is 0 Å². The van der Waals surface area contributed by atoms with Gasteiger partial charge < -0.3 is 15.4 Å². The van der Waals surface area contributed by atoms with Crippen molar-refractivity contribution < 1.29 is 27.1 Å². The van der Waals surface area contributed by atoms with E-state index in [2.05, 4.69) is 25.7 Å². The Morgan fingerprint density at radius 3 is 2.40 bits per heavy atom. The number of amides is 2. The lowest BCUT2D eigenvalue weighted by Crippen LogP contribution is -2.36. The highest BCUT2D eigenvalue weighted by Gasteiger charge is 2.29. The molecule has 1 unspecified atom stereocenters. The van der Waals surface area contributed by atoms with Gasteiger partial charge in [0.1, 0.15) is 5.82 Å². The maximum atomic E-state index is 14.9. The Morgan fingerprint density at radius 1 is 1.07 bits per heavy atom. The van der Waals surface area contributed by atoms with Crippen LogP contribution < -0.4 is 25.1 Å². The van der Waals surface area contributed by atoms with E-state index in [0.717, 1.165) is 23.4 Å². The minimum absolute atomic E-state index is 0.00934. The molecule has 0 aromatic heterocycles. The van der Waals surface area contributed by atoms with E-state index in [1.54, 1.807) is 12.1 Å². The van der Waals surface area contributed by atoms with Crippen LogP contribution in [-0.4, -0.2) is 46.2 Å². The molecule has 0 fully saturated rings. The Morgan fingerprint density at radius 2 is 1.76 bits per heavy atom. The van der Waals surface area contributed by atoms with Crippen LogP contribution >= 0.6 is 0 Å². The molecule has 11 nitrogen and oxygen atoms in total. The summed E-state index contributed by atoms with van der Waals surface area (Å²) in [4.78, 5) is 26.0. The maximum absolute atomic E-state index is 14.9. The fourth-order valence-electron chi connectivity index (χ4n) is 4.24. The first-order valence-electron chi connectivity index (χ1n) is 13.1. The predicted molar refractivity (Wildman–Crippen MR) is 159 cm³/mol. The highest BCUT2D eigenvalue weighted by atomic mass is 32.2. The molecule has 1 atom stereocenters. The van der Waals surface area contributed by atoms with Gasteiger partial charge >= 0.3 is 0 Å². The van der Waals surface area contributed by atoms with Crippen molar-refractivity contribution in [3.63, 3.8) is 0 Å². The predicted octanol–water partition coefficient (Wildman–Crippen LogP) is 4.63. The molecule has 1 heterocycles. The standard InChI is InChI=1S/C29H33FN6O5S/c1-29(2,3)20-14-22(26(41-4)23(15-20)34-42(5,39)40)32-27(37)19-11-12-21(30)25(13-19)36-17-24(33-35-36)28(38)31-16-18-9-7-6-8-10-18/h6-15,24,34H,16-17H2,1-5H3,(H,31,38)(H,32,37). The van der Waals surface area contributed by atoms with E-state index in [1.165, 1.54) is 24.3 Å². The molecule has 0 bridgehead atoms. The van der Waals surface area contributed by atoms with Gasteiger partial charge in [0.25, 0.3) is 5.91 Å². The van der Waals surface area contributed by atoms with E-state index in [9.17, 15) is 22.4 Å². The smallest absolute Gasteiger partial charge is 0.255 e. The number of nitrogens with zero attached hydrogens (tertiary/aromatic N) is 3. The summed E-state index contributed by atoms with van der Waals surface area (Å²) in [5.41, 5.74) is 1.72. The number of halogens is 1. The van der Waals surface area contributed by atoms with Crippen molar-refractivity contribution in [2.24, 2.45) is 10.3 Å². The second-order valence-corrected chi connectivity index (χ2v) is 12.6. The van der Waals surface area contributed by atoms with Gasteiger partial charge in [-0.05, 0) is 46.9 Å². The summed E-state index contributed by atoms with van der Waals surface area (Å²) in [6, 6.07) is 15.6. The van der Waals surface area contributed by atoms with Gasteiger partial charge in [0.2, 0.25) is 15.9 Å². The van der Waals surface area contributed by atoms with Crippen LogP contribution in [0.2, 0.25) is 0 Å². The van der Waals surface area contributed by atoms with Crippen LogP contribution in [0.25, 0.3) is 0 Å². The zero-order valence-corrected chi connectivity index (χ0v) is 24.8. The summed E-state index contributed by atoms with van der Waals surface area (Å²) in [5, 5.41) is 14.7. The molecule has 0 saturated heterocycles. The third-order valence-electron chi connectivity index (χ3n) is 6.45. The van der Waals surface area contributed by atoms with Crippen molar-refractivity contribution in [3.8, 4) is 5.75 Å². The number of nitrogens with one attached hydrogen (secondary N) is 3. The van der Waals surface area contributed by atoms with Gasteiger partial charge in [-0.15, -0.1) is 0 Å². The summed E-state index contributed by atoms with van der Waals surface area (Å²) in [6.45, 7) is 6.13. The third-order valence-corrected chi connectivity index (χ3v) is 7.04. The number of rotatable bonds is 9. The number of ether oxygens (including phenoxy) is 1. The Balaban J connectivity index is 1.54. The molecule has 3 N–H and O–H groups in total. The van der Waals surface area contributed by atoms with Gasteiger partial charge in [0, 0.05) is 12.1 Å². The minimum atomic E-state index is -3.66. The van der Waals surface area contributed by atoms with Crippen LogP contribution in [0.1, 0.15) is 42.3 Å². The Labute approximate surface area is 244 Å². The van der Waals surface area contributed by atoms with Gasteiger partial charge in [-0.2, -0.15) is 5.11 Å². The number of carbonyl (C=O) groups is 2. The lowest BCUT2D eigenvalue weighted by atomic mass is 9.86. The highest BCUT2D eigenvalue weighted by molar-refractivity contribution is 7.92. The maximum Gasteiger partial charge on any atom is 0.255 e. The second kappa shape index (κ2) is 12.1. The number of hydrogen-bond acceptors (Lipinski definition) is 8. The monoisotopic (exact) mass is 596 g/mol. The van der Waals surface area contributed by atoms with E-state index < -0.39 is 33.2 Å². The summed E-state index contributed by atoms with van der Waals surface area (Å²) in [5.74, 6) is -1.49. The Hall–Kier alpha value is -4.52. The summed E-state index contributed by atoms with van der Waals surface area (Å²) in [7, 11) is -2.30. The van der Waals surface area contributed by atoms with Crippen molar-refractivity contribution in [2.75, 3.05) is 35.0 Å². The van der Waals surface area contributed by atoms with Gasteiger partial charge in [-0.25, -0.2) is 17.8 Å². The van der Waals surface area contributed by atoms with Crippen molar-refractivity contribution in [1.29, 1.82) is 0 Å². The number of carbonyl (C=O) groups excluding carboxylic acids is 2. The zero-order chi connectivity index (χ0) is 30.7. The zero-order valence-electron chi connectivity index (χ0n) is 23.9. The quantitative estimate of drug-likeness (QED) is 0.329. The van der Waals surface area contributed by atoms with E-state index in [4.69, 9.17) is 4.74 Å². The lowest BCUT2D eigenvalue weighted by molar-refractivity contribution is -0.122. The molecule has 0 spiro atoms. The number of sulfonamides is 1. The highest BCUT2D eigenvalue weighted by Crippen LogP contribution is 2.39. The Kier molecular flexibility index (Phi) is 8.81. The molecule has 0 saturated carbocycles. The van der Waals surface area contributed by atoms with Gasteiger partial charge in [-0.1, -0.05) is 56.3 Å². The summed E-state index contributed by atoms with van der Waals surface area (Å²) < 4.78 is 46.8. The van der Waals surface area contributed by atoms with Gasteiger partial charge in [-0.3, -0.25) is 14.3 Å². The Bertz CT molecular complexity index is 1620. The molecule has 222 valence electrons. The fourth-order valence-corrected chi connectivity index (χ4v) is 4.79. The molecule has 3 aromatic carbocycles. The van der Waals surface area contributed by atoms with E-state index in [-0.39, 0.29) is 40.8 Å². The first kappa shape index (κ1) is 30.4. The van der Waals surface area contributed by atoms with Crippen LogP contribution in [-0.2, 0) is 26.8 Å². The molecule has 42 heavy (non-hydrogen) atoms. The number of hydrogen-bond donors (Lipinski definition) is 3.